The molecular formula is C20H34N4O10. The van der Waals surface area contributed by atoms with Crippen LogP contribution < -0.4 is 21.7 Å². The second kappa shape index (κ2) is 14.8. The molecule has 0 aromatic rings. The summed E-state index contributed by atoms with van der Waals surface area (Å²) in [5, 5.41) is 43.4. The van der Waals surface area contributed by atoms with Crippen LogP contribution in [0.1, 0.15) is 52.9 Å². The number of carboxylic acid groups (broad SMARTS) is 3. The van der Waals surface area contributed by atoms with Gasteiger partial charge in [0.05, 0.1) is 12.1 Å². The molecule has 0 saturated heterocycles. The summed E-state index contributed by atoms with van der Waals surface area (Å²) in [6, 6.07) is -5.55. The van der Waals surface area contributed by atoms with Gasteiger partial charge in [-0.3, -0.25) is 24.0 Å². The second-order valence-electron chi connectivity index (χ2n) is 8.29. The summed E-state index contributed by atoms with van der Waals surface area (Å²) < 4.78 is 0. The number of carbonyl (C=O) groups is 6. The molecule has 0 bridgehead atoms. The third-order valence-electron chi connectivity index (χ3n) is 4.67. The lowest BCUT2D eigenvalue weighted by Crippen LogP contribution is -2.60. The maximum absolute atomic E-state index is 12.7. The topological polar surface area (TPSA) is 245 Å². The first-order chi connectivity index (χ1) is 15.6. The normalized spacial score (nSPS) is 15.4. The fourth-order valence-electron chi connectivity index (χ4n) is 2.84. The van der Waals surface area contributed by atoms with Crippen LogP contribution in [0.2, 0.25) is 0 Å². The Balaban J connectivity index is 5.41. The van der Waals surface area contributed by atoms with Crippen LogP contribution in [0, 0.1) is 5.92 Å². The molecule has 5 atom stereocenters. The molecule has 0 radical (unpaired) electrons. The lowest BCUT2D eigenvalue weighted by molar-refractivity contribution is -0.143. The number of hydrogen-bond acceptors (Lipinski definition) is 8. The monoisotopic (exact) mass is 490 g/mol. The van der Waals surface area contributed by atoms with Gasteiger partial charge < -0.3 is 42.1 Å². The molecular weight excluding hydrogens is 456 g/mol. The smallest absolute Gasteiger partial charge is 0.326 e. The lowest BCUT2D eigenvalue weighted by atomic mass is 10.0. The maximum Gasteiger partial charge on any atom is 0.326 e. The second-order valence-corrected chi connectivity index (χ2v) is 8.29. The number of hydrogen-bond donors (Lipinski definition) is 8. The van der Waals surface area contributed by atoms with Gasteiger partial charge in [0.15, 0.2) is 0 Å². The third-order valence-corrected chi connectivity index (χ3v) is 4.67. The van der Waals surface area contributed by atoms with E-state index in [9.17, 15) is 39.0 Å². The number of aliphatic hydroxyl groups excluding tert-OH is 1. The van der Waals surface area contributed by atoms with Gasteiger partial charge >= 0.3 is 17.9 Å². The summed E-state index contributed by atoms with van der Waals surface area (Å²) in [5.41, 5.74) is 5.61. The van der Waals surface area contributed by atoms with E-state index in [0.29, 0.717) is 0 Å². The Bertz CT molecular complexity index is 756. The number of nitrogens with one attached hydrogen (secondary N) is 3. The van der Waals surface area contributed by atoms with Crippen LogP contribution >= 0.6 is 0 Å². The predicted molar refractivity (Wildman–Crippen MR) is 116 cm³/mol. The molecule has 0 saturated carbocycles. The molecule has 0 rings (SSSR count). The van der Waals surface area contributed by atoms with Gasteiger partial charge in [0.1, 0.15) is 18.1 Å². The summed E-state index contributed by atoms with van der Waals surface area (Å²) in [6.45, 7) is 4.68. The van der Waals surface area contributed by atoms with Gasteiger partial charge in [-0.2, -0.15) is 0 Å². The van der Waals surface area contributed by atoms with E-state index in [1.165, 1.54) is 6.92 Å². The van der Waals surface area contributed by atoms with Crippen molar-refractivity contribution in [2.24, 2.45) is 11.7 Å². The van der Waals surface area contributed by atoms with Gasteiger partial charge in [-0.05, 0) is 32.1 Å². The highest BCUT2D eigenvalue weighted by Crippen LogP contribution is 2.08. The summed E-state index contributed by atoms with van der Waals surface area (Å²) in [4.78, 5) is 70.4. The fourth-order valence-corrected chi connectivity index (χ4v) is 2.84. The van der Waals surface area contributed by atoms with Crippen molar-refractivity contribution in [1.29, 1.82) is 0 Å². The summed E-state index contributed by atoms with van der Waals surface area (Å²) in [5.74, 6) is -6.72. The number of amides is 3. The Morgan fingerprint density at radius 3 is 1.68 bits per heavy atom. The Labute approximate surface area is 196 Å². The van der Waals surface area contributed by atoms with E-state index in [1.807, 2.05) is 0 Å². The zero-order chi connectivity index (χ0) is 26.6. The first-order valence-corrected chi connectivity index (χ1v) is 10.7. The predicted octanol–water partition coefficient (Wildman–Crippen LogP) is -1.99. The van der Waals surface area contributed by atoms with E-state index in [4.69, 9.17) is 15.9 Å². The maximum atomic E-state index is 12.7. The highest BCUT2D eigenvalue weighted by atomic mass is 16.4. The van der Waals surface area contributed by atoms with Crippen molar-refractivity contribution in [3.05, 3.63) is 0 Å². The molecule has 5 unspecified atom stereocenters. The average Bonchev–Trinajstić information content (AvgIpc) is 2.70. The first kappa shape index (κ1) is 30.7. The molecule has 0 aliphatic carbocycles. The minimum absolute atomic E-state index is 0.0709. The van der Waals surface area contributed by atoms with Crippen molar-refractivity contribution in [2.45, 2.75) is 83.1 Å². The molecule has 9 N–H and O–H groups in total. The number of nitrogens with two attached hydrogens (primary N) is 1. The molecule has 194 valence electrons. The molecule has 0 spiro atoms. The van der Waals surface area contributed by atoms with E-state index < -0.39 is 72.3 Å². The van der Waals surface area contributed by atoms with Gasteiger partial charge in [-0.25, -0.2) is 4.79 Å². The van der Waals surface area contributed by atoms with E-state index in [2.05, 4.69) is 16.0 Å². The summed E-state index contributed by atoms with van der Waals surface area (Å²) >= 11 is 0. The first-order valence-electron chi connectivity index (χ1n) is 10.7. The Kier molecular flexibility index (Phi) is 13.4. The van der Waals surface area contributed by atoms with Crippen LogP contribution in [0.3, 0.4) is 0 Å². The van der Waals surface area contributed by atoms with Gasteiger partial charge in [0, 0.05) is 12.8 Å². The number of rotatable bonds is 16. The molecule has 0 heterocycles. The number of carboxylic acids is 3. The van der Waals surface area contributed by atoms with Crippen LogP contribution in [0.15, 0.2) is 0 Å². The Hall–Kier alpha value is -3.26. The molecule has 14 nitrogen and oxygen atoms in total. The Morgan fingerprint density at radius 1 is 0.735 bits per heavy atom. The van der Waals surface area contributed by atoms with Crippen molar-refractivity contribution in [2.75, 3.05) is 0 Å². The van der Waals surface area contributed by atoms with E-state index >= 15 is 0 Å². The molecule has 0 aliphatic rings. The average molecular weight is 491 g/mol. The molecule has 0 aromatic heterocycles. The highest BCUT2D eigenvalue weighted by molar-refractivity contribution is 5.94. The minimum atomic E-state index is -1.53. The molecule has 0 fully saturated rings. The standard InChI is InChI=1S/C20H34N4O10/c1-9(2)8-13(18(31)22-12(20(33)34)5-7-15(28)29)23-19(32)16(10(3)25)24-17(30)11(21)4-6-14(26)27/h9-13,16,25H,4-8,21H2,1-3H3,(H,22,31)(H,23,32)(H,24,30)(H,26,27)(H,28,29)(H,33,34). The van der Waals surface area contributed by atoms with Gasteiger partial charge in [0.2, 0.25) is 17.7 Å². The molecule has 3 amide bonds. The van der Waals surface area contributed by atoms with Crippen LogP contribution in [0.4, 0.5) is 0 Å². The van der Waals surface area contributed by atoms with Crippen molar-refractivity contribution in [1.82, 2.24) is 16.0 Å². The fraction of sp³-hybridized carbons (Fsp3) is 0.700. The Morgan fingerprint density at radius 2 is 1.24 bits per heavy atom. The minimum Gasteiger partial charge on any atom is -0.481 e. The van der Waals surface area contributed by atoms with Gasteiger partial charge in [-0.1, -0.05) is 13.8 Å². The van der Waals surface area contributed by atoms with Crippen molar-refractivity contribution in [3.8, 4) is 0 Å². The van der Waals surface area contributed by atoms with Crippen molar-refractivity contribution < 1.29 is 49.2 Å². The molecule has 0 aliphatic heterocycles. The van der Waals surface area contributed by atoms with Gasteiger partial charge in [0.25, 0.3) is 0 Å². The SMILES string of the molecule is CC(C)CC(NC(=O)C(NC(=O)C(N)CCC(=O)O)C(C)O)C(=O)NC(CCC(=O)O)C(=O)O. The molecule has 14 heteroatoms. The van der Waals surface area contributed by atoms with Crippen LogP contribution in [-0.4, -0.2) is 86.3 Å². The van der Waals surface area contributed by atoms with Crippen LogP contribution in [0.25, 0.3) is 0 Å². The molecule has 34 heavy (non-hydrogen) atoms. The summed E-state index contributed by atoms with van der Waals surface area (Å²) in [7, 11) is 0. The van der Waals surface area contributed by atoms with Crippen LogP contribution in [0.5, 0.6) is 0 Å². The summed E-state index contributed by atoms with van der Waals surface area (Å²) in [6.07, 6.45) is -2.82. The van der Waals surface area contributed by atoms with Gasteiger partial charge in [-0.15, -0.1) is 0 Å². The number of aliphatic carboxylic acids is 3. The van der Waals surface area contributed by atoms with Crippen molar-refractivity contribution in [3.63, 3.8) is 0 Å². The van der Waals surface area contributed by atoms with E-state index in [1.54, 1.807) is 13.8 Å². The van der Waals surface area contributed by atoms with E-state index in [0.717, 1.165) is 0 Å². The van der Waals surface area contributed by atoms with E-state index in [-0.39, 0.29) is 31.6 Å². The zero-order valence-corrected chi connectivity index (χ0v) is 19.3. The highest BCUT2D eigenvalue weighted by Gasteiger charge is 2.32. The molecule has 0 aromatic carbocycles. The lowest BCUT2D eigenvalue weighted by Gasteiger charge is -2.27. The van der Waals surface area contributed by atoms with Crippen LogP contribution in [-0.2, 0) is 28.8 Å². The quantitative estimate of drug-likeness (QED) is 0.118. The number of carbonyl (C=O) groups excluding carboxylic acids is 3. The largest absolute Gasteiger partial charge is 0.481 e. The third kappa shape index (κ3) is 12.1. The van der Waals surface area contributed by atoms with Crippen molar-refractivity contribution >= 4 is 35.6 Å². The number of aliphatic hydroxyl groups is 1. The zero-order valence-electron chi connectivity index (χ0n) is 19.3.